The van der Waals surface area contributed by atoms with Gasteiger partial charge < -0.3 is 9.84 Å². The molecule has 6 heteroatoms. The third kappa shape index (κ3) is 5.69. The Balaban J connectivity index is 1.57. The number of carboxylic acids is 1. The lowest BCUT2D eigenvalue weighted by Gasteiger charge is -2.32. The van der Waals surface area contributed by atoms with Crippen molar-refractivity contribution in [3.8, 4) is 0 Å². The van der Waals surface area contributed by atoms with E-state index in [9.17, 15) is 4.79 Å². The summed E-state index contributed by atoms with van der Waals surface area (Å²) in [6.45, 7) is 2.69. The van der Waals surface area contributed by atoms with Gasteiger partial charge in [-0.2, -0.15) is 0 Å². The van der Waals surface area contributed by atoms with Gasteiger partial charge in [-0.3, -0.25) is 9.69 Å². The topological polar surface area (TPSA) is 49.8 Å². The van der Waals surface area contributed by atoms with Crippen LogP contribution in [0.15, 0.2) is 42.5 Å². The first-order chi connectivity index (χ1) is 13.0. The SMILES string of the molecule is O=C(O)CCN1CCOC(c2ccc(CCc3c(Cl)cccc3Cl)cc2)C1. The second-order valence-electron chi connectivity index (χ2n) is 6.75. The molecule has 4 nitrogen and oxygen atoms in total. The summed E-state index contributed by atoms with van der Waals surface area (Å²) in [6.07, 6.45) is 1.80. The van der Waals surface area contributed by atoms with Crippen LogP contribution in [0.2, 0.25) is 10.0 Å². The number of benzene rings is 2. The summed E-state index contributed by atoms with van der Waals surface area (Å²) in [6, 6.07) is 14.0. The highest BCUT2D eigenvalue weighted by atomic mass is 35.5. The van der Waals surface area contributed by atoms with Gasteiger partial charge in [-0.1, -0.05) is 53.5 Å². The molecule has 0 saturated carbocycles. The highest BCUT2D eigenvalue weighted by molar-refractivity contribution is 6.35. The fourth-order valence-electron chi connectivity index (χ4n) is 3.30. The van der Waals surface area contributed by atoms with E-state index in [1.807, 2.05) is 18.2 Å². The molecule has 1 heterocycles. The molecule has 1 N–H and O–H groups in total. The molecule has 1 atom stereocenters. The number of hydrogen-bond donors (Lipinski definition) is 1. The Morgan fingerprint density at radius 2 is 1.81 bits per heavy atom. The molecule has 1 saturated heterocycles. The Hall–Kier alpha value is -1.59. The number of nitrogens with zero attached hydrogens (tertiary/aromatic N) is 1. The maximum Gasteiger partial charge on any atom is 0.304 e. The van der Waals surface area contributed by atoms with Crippen LogP contribution in [0.5, 0.6) is 0 Å². The van der Waals surface area contributed by atoms with Crippen molar-refractivity contribution in [3.05, 3.63) is 69.2 Å². The van der Waals surface area contributed by atoms with E-state index >= 15 is 0 Å². The Kier molecular flexibility index (Phi) is 7.13. The molecule has 144 valence electrons. The summed E-state index contributed by atoms with van der Waals surface area (Å²) in [5, 5.41) is 10.3. The van der Waals surface area contributed by atoms with Crippen LogP contribution in [0.4, 0.5) is 0 Å². The minimum absolute atomic E-state index is 0.0143. The summed E-state index contributed by atoms with van der Waals surface area (Å²) in [5.74, 6) is -0.763. The van der Waals surface area contributed by atoms with E-state index in [2.05, 4.69) is 29.2 Å². The van der Waals surface area contributed by atoms with E-state index in [0.29, 0.717) is 23.2 Å². The zero-order valence-electron chi connectivity index (χ0n) is 15.0. The molecule has 0 bridgehead atoms. The number of morpholine rings is 1. The predicted molar refractivity (Wildman–Crippen MR) is 108 cm³/mol. The lowest BCUT2D eigenvalue weighted by Crippen LogP contribution is -2.39. The van der Waals surface area contributed by atoms with E-state index in [1.54, 1.807) is 0 Å². The number of hydrogen-bond acceptors (Lipinski definition) is 3. The third-order valence-corrected chi connectivity index (χ3v) is 5.58. The highest BCUT2D eigenvalue weighted by Crippen LogP contribution is 2.27. The molecule has 0 amide bonds. The van der Waals surface area contributed by atoms with E-state index < -0.39 is 5.97 Å². The van der Waals surface area contributed by atoms with Crippen molar-refractivity contribution in [2.45, 2.75) is 25.4 Å². The third-order valence-electron chi connectivity index (χ3n) is 4.87. The maximum atomic E-state index is 10.8. The average molecular weight is 408 g/mol. The van der Waals surface area contributed by atoms with Gasteiger partial charge in [0.1, 0.15) is 0 Å². The zero-order chi connectivity index (χ0) is 19.2. The van der Waals surface area contributed by atoms with E-state index in [0.717, 1.165) is 37.1 Å². The summed E-state index contributed by atoms with van der Waals surface area (Å²) in [4.78, 5) is 12.9. The number of aryl methyl sites for hydroxylation is 1. The van der Waals surface area contributed by atoms with Crippen molar-refractivity contribution >= 4 is 29.2 Å². The van der Waals surface area contributed by atoms with Crippen LogP contribution >= 0.6 is 23.2 Å². The summed E-state index contributed by atoms with van der Waals surface area (Å²) < 4.78 is 5.88. The van der Waals surface area contributed by atoms with Crippen molar-refractivity contribution in [1.29, 1.82) is 0 Å². The molecule has 2 aromatic carbocycles. The van der Waals surface area contributed by atoms with E-state index in [-0.39, 0.29) is 12.5 Å². The smallest absolute Gasteiger partial charge is 0.304 e. The minimum atomic E-state index is -0.763. The van der Waals surface area contributed by atoms with E-state index in [1.165, 1.54) is 5.56 Å². The first kappa shape index (κ1) is 20.2. The first-order valence-corrected chi connectivity index (χ1v) is 9.86. The van der Waals surface area contributed by atoms with Gasteiger partial charge in [0.2, 0.25) is 0 Å². The Bertz CT molecular complexity index is 759. The van der Waals surface area contributed by atoms with Crippen LogP contribution in [0.1, 0.15) is 29.2 Å². The number of ether oxygens (including phenoxy) is 1. The molecule has 27 heavy (non-hydrogen) atoms. The molecule has 1 aliphatic heterocycles. The van der Waals surface area contributed by atoms with Crippen molar-refractivity contribution in [1.82, 2.24) is 4.90 Å². The molecule has 0 spiro atoms. The predicted octanol–water partition coefficient (Wildman–Crippen LogP) is 4.63. The number of halogens is 2. The van der Waals surface area contributed by atoms with Gasteiger partial charge in [0, 0.05) is 29.7 Å². The van der Waals surface area contributed by atoms with Gasteiger partial charge in [-0.05, 0) is 41.7 Å². The van der Waals surface area contributed by atoms with E-state index in [4.69, 9.17) is 33.0 Å². The quantitative estimate of drug-likeness (QED) is 0.726. The van der Waals surface area contributed by atoms with Crippen LogP contribution in [0.25, 0.3) is 0 Å². The summed E-state index contributed by atoms with van der Waals surface area (Å²) in [5.41, 5.74) is 3.32. The monoisotopic (exact) mass is 407 g/mol. The zero-order valence-corrected chi connectivity index (χ0v) is 16.5. The fourth-order valence-corrected chi connectivity index (χ4v) is 3.89. The average Bonchev–Trinajstić information content (AvgIpc) is 2.67. The lowest BCUT2D eigenvalue weighted by atomic mass is 10.0. The van der Waals surface area contributed by atoms with Crippen molar-refractivity contribution in [3.63, 3.8) is 0 Å². The Morgan fingerprint density at radius 3 is 2.48 bits per heavy atom. The second-order valence-corrected chi connectivity index (χ2v) is 7.56. The van der Waals surface area contributed by atoms with Crippen LogP contribution in [0.3, 0.4) is 0 Å². The number of aliphatic carboxylic acids is 1. The summed E-state index contributed by atoms with van der Waals surface area (Å²) in [7, 11) is 0. The molecule has 1 fully saturated rings. The standard InChI is InChI=1S/C21H23Cl2NO3/c22-18-2-1-3-19(23)17(18)9-6-15-4-7-16(8-5-15)20-14-24(12-13-27-20)11-10-21(25)26/h1-5,7-8,20H,6,9-14H2,(H,25,26). The molecule has 3 rings (SSSR count). The van der Waals surface area contributed by atoms with Gasteiger partial charge in [-0.15, -0.1) is 0 Å². The molecular weight excluding hydrogens is 385 g/mol. The van der Waals surface area contributed by atoms with Crippen LogP contribution in [0, 0.1) is 0 Å². The minimum Gasteiger partial charge on any atom is -0.481 e. The van der Waals surface area contributed by atoms with Crippen LogP contribution < -0.4 is 0 Å². The maximum absolute atomic E-state index is 10.8. The normalized spacial score (nSPS) is 17.8. The van der Waals surface area contributed by atoms with Gasteiger partial charge in [-0.25, -0.2) is 0 Å². The molecule has 0 radical (unpaired) electrons. The molecule has 2 aromatic rings. The largest absolute Gasteiger partial charge is 0.481 e. The van der Waals surface area contributed by atoms with Crippen molar-refractivity contribution in [2.75, 3.05) is 26.2 Å². The highest BCUT2D eigenvalue weighted by Gasteiger charge is 2.22. The molecule has 0 aliphatic carbocycles. The fraction of sp³-hybridized carbons (Fsp3) is 0.381. The Morgan fingerprint density at radius 1 is 1.11 bits per heavy atom. The summed E-state index contributed by atoms with van der Waals surface area (Å²) >= 11 is 12.5. The first-order valence-electron chi connectivity index (χ1n) is 9.10. The number of carboxylic acid groups (broad SMARTS) is 1. The van der Waals surface area contributed by atoms with Crippen LogP contribution in [-0.2, 0) is 22.4 Å². The molecule has 1 unspecified atom stereocenters. The van der Waals surface area contributed by atoms with Crippen LogP contribution in [-0.4, -0.2) is 42.2 Å². The lowest BCUT2D eigenvalue weighted by molar-refractivity contribution is -0.137. The van der Waals surface area contributed by atoms with Crippen molar-refractivity contribution < 1.29 is 14.6 Å². The van der Waals surface area contributed by atoms with Crippen molar-refractivity contribution in [2.24, 2.45) is 0 Å². The molecule has 1 aliphatic rings. The van der Waals surface area contributed by atoms with Gasteiger partial charge in [0.25, 0.3) is 0 Å². The number of carbonyl (C=O) groups is 1. The van der Waals surface area contributed by atoms with Gasteiger partial charge in [0.05, 0.1) is 19.1 Å². The van der Waals surface area contributed by atoms with Gasteiger partial charge in [0.15, 0.2) is 0 Å². The molecule has 0 aromatic heterocycles. The Labute approximate surface area is 169 Å². The second kappa shape index (κ2) is 9.56. The number of rotatable bonds is 7. The van der Waals surface area contributed by atoms with Gasteiger partial charge >= 0.3 is 5.97 Å². The molecular formula is C21H23Cl2NO3.